The van der Waals surface area contributed by atoms with E-state index in [1.165, 1.54) is 11.3 Å². The van der Waals surface area contributed by atoms with Crippen molar-refractivity contribution in [2.24, 2.45) is 0 Å². The van der Waals surface area contributed by atoms with Gasteiger partial charge in [0.05, 0.1) is 21.8 Å². The van der Waals surface area contributed by atoms with E-state index < -0.39 is 0 Å². The van der Waals surface area contributed by atoms with E-state index in [0.717, 1.165) is 43.6 Å². The molecule has 0 fully saturated rings. The number of rotatable bonds is 6. The van der Waals surface area contributed by atoms with Gasteiger partial charge in [-0.2, -0.15) is 0 Å². The second-order valence-corrected chi connectivity index (χ2v) is 10.2. The first-order chi connectivity index (χ1) is 16.1. The topological polar surface area (TPSA) is 59.0 Å². The van der Waals surface area contributed by atoms with E-state index in [1.807, 2.05) is 72.3 Å². The number of benzene rings is 2. The van der Waals surface area contributed by atoms with Crippen molar-refractivity contribution >= 4 is 62.1 Å². The fourth-order valence-electron chi connectivity index (χ4n) is 3.48. The first-order valence-electron chi connectivity index (χ1n) is 10.3. The molecule has 0 unspecified atom stereocenters. The monoisotopic (exact) mass is 488 g/mol. The van der Waals surface area contributed by atoms with Crippen molar-refractivity contribution in [2.75, 3.05) is 4.90 Å². The Balaban J connectivity index is 1.42. The van der Waals surface area contributed by atoms with Gasteiger partial charge in [-0.15, -0.1) is 22.7 Å². The van der Waals surface area contributed by atoms with Crippen molar-refractivity contribution in [2.45, 2.75) is 24.6 Å². The summed E-state index contributed by atoms with van der Waals surface area (Å²) >= 11 is 4.75. The van der Waals surface area contributed by atoms with E-state index in [2.05, 4.69) is 6.07 Å². The maximum Gasteiger partial charge on any atom is 0.230 e. The molecule has 164 valence electrons. The van der Waals surface area contributed by atoms with Crippen LogP contribution in [0.4, 0.5) is 10.8 Å². The lowest BCUT2D eigenvalue weighted by Crippen LogP contribution is -2.22. The number of amides is 1. The van der Waals surface area contributed by atoms with Crippen molar-refractivity contribution in [3.63, 3.8) is 0 Å². The third-order valence-electron chi connectivity index (χ3n) is 4.97. The highest BCUT2D eigenvalue weighted by Crippen LogP contribution is 2.34. The third-order valence-corrected chi connectivity index (χ3v) is 7.74. The molecule has 3 aromatic heterocycles. The van der Waals surface area contributed by atoms with Gasteiger partial charge in [0.2, 0.25) is 5.91 Å². The summed E-state index contributed by atoms with van der Waals surface area (Å²) in [6.07, 6.45) is 0. The van der Waals surface area contributed by atoms with Crippen LogP contribution in [0.5, 0.6) is 0 Å². The van der Waals surface area contributed by atoms with Crippen molar-refractivity contribution in [1.82, 2.24) is 15.0 Å². The SMILES string of the molecule is CC(=O)N(c1cccc(C)c1)c1nc(CSc2nc(-c3cccs3)nc3ccccc23)cs1. The Kier molecular flexibility index (Phi) is 6.22. The Morgan fingerprint density at radius 2 is 1.88 bits per heavy atom. The van der Waals surface area contributed by atoms with Crippen LogP contribution in [0, 0.1) is 6.92 Å². The van der Waals surface area contributed by atoms with Crippen molar-refractivity contribution in [3.8, 4) is 10.7 Å². The molecule has 0 aliphatic rings. The molecule has 0 radical (unpaired) electrons. The summed E-state index contributed by atoms with van der Waals surface area (Å²) in [5, 5.41) is 6.68. The van der Waals surface area contributed by atoms with Crippen molar-refractivity contribution < 1.29 is 4.79 Å². The Labute approximate surface area is 204 Å². The van der Waals surface area contributed by atoms with Gasteiger partial charge < -0.3 is 0 Å². The molecule has 8 heteroatoms. The fourth-order valence-corrected chi connectivity index (χ4v) is 6.04. The minimum Gasteiger partial charge on any atom is -0.274 e. The number of hydrogen-bond donors (Lipinski definition) is 0. The summed E-state index contributed by atoms with van der Waals surface area (Å²) in [4.78, 5) is 29.5. The molecule has 0 atom stereocenters. The molecule has 5 nitrogen and oxygen atoms in total. The molecule has 0 aliphatic heterocycles. The first kappa shape index (κ1) is 21.8. The predicted octanol–water partition coefficient (Wildman–Crippen LogP) is 7.10. The molecule has 2 aromatic carbocycles. The zero-order valence-corrected chi connectivity index (χ0v) is 20.5. The highest BCUT2D eigenvalue weighted by Gasteiger charge is 2.18. The maximum absolute atomic E-state index is 12.4. The lowest BCUT2D eigenvalue weighted by Gasteiger charge is -2.18. The summed E-state index contributed by atoms with van der Waals surface area (Å²) in [7, 11) is 0. The number of carbonyl (C=O) groups excluding carboxylic acids is 1. The van der Waals surface area contributed by atoms with Crippen LogP contribution in [-0.2, 0) is 10.5 Å². The Morgan fingerprint density at radius 1 is 1.00 bits per heavy atom. The highest BCUT2D eigenvalue weighted by molar-refractivity contribution is 7.98. The van der Waals surface area contributed by atoms with Crippen LogP contribution in [0.1, 0.15) is 18.2 Å². The Bertz CT molecular complexity index is 1430. The lowest BCUT2D eigenvalue weighted by atomic mass is 10.2. The van der Waals surface area contributed by atoms with Gasteiger partial charge in [0.25, 0.3) is 0 Å². The van der Waals surface area contributed by atoms with E-state index in [0.29, 0.717) is 10.9 Å². The number of thiazole rings is 1. The fraction of sp³-hybridized carbons (Fsp3) is 0.120. The molecule has 3 heterocycles. The summed E-state index contributed by atoms with van der Waals surface area (Å²) < 4.78 is 0. The maximum atomic E-state index is 12.4. The number of aryl methyl sites for hydroxylation is 1. The average molecular weight is 489 g/mol. The lowest BCUT2D eigenvalue weighted by molar-refractivity contribution is -0.115. The summed E-state index contributed by atoms with van der Waals surface area (Å²) in [5.41, 5.74) is 3.78. The molecule has 5 rings (SSSR count). The molecule has 33 heavy (non-hydrogen) atoms. The van der Waals surface area contributed by atoms with Crippen LogP contribution in [-0.4, -0.2) is 20.9 Å². The molecule has 0 saturated carbocycles. The van der Waals surface area contributed by atoms with Crippen LogP contribution in [0.3, 0.4) is 0 Å². The molecule has 0 aliphatic carbocycles. The first-order valence-corrected chi connectivity index (χ1v) is 13.1. The smallest absolute Gasteiger partial charge is 0.230 e. The van der Waals surface area contributed by atoms with Crippen LogP contribution < -0.4 is 4.90 Å². The van der Waals surface area contributed by atoms with Crippen molar-refractivity contribution in [3.05, 3.63) is 82.7 Å². The molecule has 0 saturated heterocycles. The number of nitrogens with zero attached hydrogens (tertiary/aromatic N) is 4. The van der Waals surface area contributed by atoms with Crippen LogP contribution in [0.15, 0.2) is 76.4 Å². The van der Waals surface area contributed by atoms with Gasteiger partial charge in [0, 0.05) is 23.4 Å². The number of thioether (sulfide) groups is 1. The van der Waals surface area contributed by atoms with E-state index >= 15 is 0 Å². The molecule has 0 N–H and O–H groups in total. The summed E-state index contributed by atoms with van der Waals surface area (Å²) in [6, 6.07) is 20.0. The third kappa shape index (κ3) is 4.68. The number of hydrogen-bond acceptors (Lipinski definition) is 7. The van der Waals surface area contributed by atoms with Gasteiger partial charge in [-0.3, -0.25) is 9.69 Å². The Hall–Kier alpha value is -3.07. The standard InChI is InChI=1S/C25H20N4OS3/c1-16-7-5-8-19(13-16)29(17(2)30)25-26-18(15-33-25)14-32-24-20-9-3-4-10-21(20)27-23(28-24)22-11-6-12-31-22/h3-13,15H,14H2,1-2H3. The zero-order valence-electron chi connectivity index (χ0n) is 18.1. The van der Waals surface area contributed by atoms with Crippen molar-refractivity contribution in [1.29, 1.82) is 0 Å². The average Bonchev–Trinajstić information content (AvgIpc) is 3.50. The van der Waals surface area contributed by atoms with Crippen LogP contribution >= 0.6 is 34.4 Å². The molecular formula is C25H20N4OS3. The normalized spacial score (nSPS) is 11.1. The molecule has 0 bridgehead atoms. The number of carbonyl (C=O) groups is 1. The zero-order chi connectivity index (χ0) is 22.8. The number of aromatic nitrogens is 3. The predicted molar refractivity (Wildman–Crippen MR) is 139 cm³/mol. The molecular weight excluding hydrogens is 469 g/mol. The summed E-state index contributed by atoms with van der Waals surface area (Å²) in [6.45, 7) is 3.58. The second kappa shape index (κ2) is 9.43. The van der Waals surface area contributed by atoms with Gasteiger partial charge >= 0.3 is 0 Å². The van der Waals surface area contributed by atoms with Gasteiger partial charge in [0.15, 0.2) is 11.0 Å². The summed E-state index contributed by atoms with van der Waals surface area (Å²) in [5.74, 6) is 1.34. The van der Waals surface area contributed by atoms with Gasteiger partial charge in [0.1, 0.15) is 5.03 Å². The molecule has 0 spiro atoms. The minimum absolute atomic E-state index is 0.0588. The number of anilines is 2. The Morgan fingerprint density at radius 3 is 2.67 bits per heavy atom. The molecule has 5 aromatic rings. The van der Waals surface area contributed by atoms with Crippen LogP contribution in [0.25, 0.3) is 21.6 Å². The second-order valence-electron chi connectivity index (χ2n) is 7.45. The van der Waals surface area contributed by atoms with E-state index in [4.69, 9.17) is 15.0 Å². The van der Waals surface area contributed by atoms with E-state index in [9.17, 15) is 4.79 Å². The number of para-hydroxylation sites is 1. The molecule has 1 amide bonds. The minimum atomic E-state index is -0.0588. The van der Waals surface area contributed by atoms with Gasteiger partial charge in [-0.25, -0.2) is 15.0 Å². The number of thiophene rings is 1. The van der Waals surface area contributed by atoms with Gasteiger partial charge in [-0.1, -0.05) is 48.2 Å². The highest BCUT2D eigenvalue weighted by atomic mass is 32.2. The van der Waals surface area contributed by atoms with E-state index in [-0.39, 0.29) is 5.91 Å². The van der Waals surface area contributed by atoms with Gasteiger partial charge in [-0.05, 0) is 42.1 Å². The van der Waals surface area contributed by atoms with E-state index in [1.54, 1.807) is 34.9 Å². The largest absolute Gasteiger partial charge is 0.274 e. The van der Waals surface area contributed by atoms with Crippen LogP contribution in [0.2, 0.25) is 0 Å². The number of fused-ring (bicyclic) bond motifs is 1. The quantitative estimate of drug-likeness (QED) is 0.188.